The largest absolute Gasteiger partial charge is 0.401 e. The highest BCUT2D eigenvalue weighted by atomic mass is 32.1. The lowest BCUT2D eigenvalue weighted by Crippen LogP contribution is -2.21. The molecule has 1 aromatic carbocycles. The molecule has 0 aliphatic carbocycles. The number of thiazole rings is 1. The van der Waals surface area contributed by atoms with Gasteiger partial charge in [-0.1, -0.05) is 50.1 Å². The predicted octanol–water partition coefficient (Wildman–Crippen LogP) is 3.37. The molecule has 3 rings (SSSR count). The molecule has 4 N–H and O–H groups in total. The van der Waals surface area contributed by atoms with Gasteiger partial charge in [0.25, 0.3) is 5.89 Å². The summed E-state index contributed by atoms with van der Waals surface area (Å²) < 4.78 is 5.48. The molecule has 0 aliphatic heterocycles. The van der Waals surface area contributed by atoms with E-state index in [-0.39, 0.29) is 17.4 Å². The second-order valence-corrected chi connectivity index (χ2v) is 7.69. The summed E-state index contributed by atoms with van der Waals surface area (Å²) in [4.78, 5) is 9.18. The number of aromatic nitrogens is 3. The summed E-state index contributed by atoms with van der Waals surface area (Å²) in [6.45, 7) is 8.48. The summed E-state index contributed by atoms with van der Waals surface area (Å²) in [5.74, 6) is 0.225. The van der Waals surface area contributed by atoms with Crippen molar-refractivity contribution in [3.05, 3.63) is 35.5 Å². The highest BCUT2D eigenvalue weighted by Gasteiger charge is 2.18. The SMILES string of the molecule is Cc1nc(-c2ccc(C(C)(C)C)cc2)sc1-c1nnc(N=C(N)N)o1. The maximum absolute atomic E-state index is 5.48. The van der Waals surface area contributed by atoms with Crippen LogP contribution in [0.25, 0.3) is 21.3 Å². The lowest BCUT2D eigenvalue weighted by molar-refractivity contribution is 0.580. The van der Waals surface area contributed by atoms with Crippen molar-refractivity contribution in [1.29, 1.82) is 0 Å². The zero-order valence-electron chi connectivity index (χ0n) is 14.6. The minimum absolute atomic E-state index is 0.0267. The minimum atomic E-state index is -0.129. The van der Waals surface area contributed by atoms with Crippen LogP contribution < -0.4 is 11.5 Å². The average molecular weight is 356 g/mol. The van der Waals surface area contributed by atoms with Gasteiger partial charge in [-0.25, -0.2) is 4.98 Å². The second-order valence-electron chi connectivity index (χ2n) is 6.69. The molecule has 0 saturated carbocycles. The van der Waals surface area contributed by atoms with Crippen LogP contribution in [-0.4, -0.2) is 21.1 Å². The topological polar surface area (TPSA) is 116 Å². The number of guanidine groups is 1. The number of hydrogen-bond donors (Lipinski definition) is 2. The number of nitrogens with two attached hydrogens (primary N) is 2. The Morgan fingerprint density at radius 3 is 2.40 bits per heavy atom. The van der Waals surface area contributed by atoms with Crippen molar-refractivity contribution in [3.63, 3.8) is 0 Å². The van der Waals surface area contributed by atoms with E-state index in [4.69, 9.17) is 15.9 Å². The van der Waals surface area contributed by atoms with Crippen LogP contribution in [0.1, 0.15) is 32.0 Å². The Balaban J connectivity index is 1.92. The first-order chi connectivity index (χ1) is 11.7. The van der Waals surface area contributed by atoms with Gasteiger partial charge in [-0.15, -0.1) is 16.4 Å². The van der Waals surface area contributed by atoms with Crippen molar-refractivity contribution in [3.8, 4) is 21.3 Å². The van der Waals surface area contributed by atoms with Gasteiger partial charge in [-0.3, -0.25) is 0 Å². The van der Waals surface area contributed by atoms with Crippen molar-refractivity contribution in [2.24, 2.45) is 16.5 Å². The maximum atomic E-state index is 5.48. The first-order valence-electron chi connectivity index (χ1n) is 7.76. The van der Waals surface area contributed by atoms with Crippen molar-refractivity contribution in [2.45, 2.75) is 33.1 Å². The Kier molecular flexibility index (Phi) is 4.30. The number of hydrogen-bond acceptors (Lipinski definition) is 6. The second kappa shape index (κ2) is 6.29. The molecule has 0 bridgehead atoms. The number of nitrogens with zero attached hydrogens (tertiary/aromatic N) is 4. The number of aliphatic imine (C=N–C) groups is 1. The molecule has 2 heterocycles. The Morgan fingerprint density at radius 1 is 1.12 bits per heavy atom. The molecule has 2 aromatic heterocycles. The van der Waals surface area contributed by atoms with Crippen LogP contribution >= 0.6 is 11.3 Å². The van der Waals surface area contributed by atoms with Crippen LogP contribution in [-0.2, 0) is 5.41 Å². The van der Waals surface area contributed by atoms with Gasteiger partial charge in [-0.2, -0.15) is 4.99 Å². The third kappa shape index (κ3) is 3.69. The Bertz CT molecular complexity index is 914. The lowest BCUT2D eigenvalue weighted by Gasteiger charge is -2.18. The molecule has 0 atom stereocenters. The van der Waals surface area contributed by atoms with Crippen LogP contribution in [0.5, 0.6) is 0 Å². The van der Waals surface area contributed by atoms with E-state index in [1.807, 2.05) is 6.92 Å². The lowest BCUT2D eigenvalue weighted by atomic mass is 9.87. The summed E-state index contributed by atoms with van der Waals surface area (Å²) >= 11 is 1.49. The summed E-state index contributed by atoms with van der Waals surface area (Å²) in [5.41, 5.74) is 13.9. The zero-order chi connectivity index (χ0) is 18.2. The molecule has 0 aliphatic rings. The van der Waals surface area contributed by atoms with Crippen LogP contribution in [0.4, 0.5) is 6.01 Å². The first-order valence-corrected chi connectivity index (χ1v) is 8.57. The highest BCUT2D eigenvalue weighted by molar-refractivity contribution is 7.18. The molecule has 0 saturated heterocycles. The van der Waals surface area contributed by atoms with Crippen molar-refractivity contribution < 1.29 is 4.42 Å². The van der Waals surface area contributed by atoms with Crippen LogP contribution in [0.15, 0.2) is 33.7 Å². The van der Waals surface area contributed by atoms with E-state index in [1.165, 1.54) is 16.9 Å². The Hall–Kier alpha value is -2.74. The molecule has 0 radical (unpaired) electrons. The van der Waals surface area contributed by atoms with Crippen LogP contribution in [0.3, 0.4) is 0 Å². The molecule has 0 amide bonds. The van der Waals surface area contributed by atoms with Gasteiger partial charge in [0.15, 0.2) is 5.96 Å². The van der Waals surface area contributed by atoms with E-state index in [0.717, 1.165) is 21.1 Å². The molecule has 7 nitrogen and oxygen atoms in total. The number of rotatable bonds is 3. The number of aryl methyl sites for hydroxylation is 1. The zero-order valence-corrected chi connectivity index (χ0v) is 15.4. The fraction of sp³-hybridized carbons (Fsp3) is 0.294. The van der Waals surface area contributed by atoms with Crippen molar-refractivity contribution >= 4 is 23.3 Å². The smallest absolute Gasteiger partial charge is 0.346 e. The standard InChI is InChI=1S/C17H20N6OS/c1-9-12(13-22-23-16(24-13)21-15(18)19)25-14(20-9)10-5-7-11(8-6-10)17(2,3)4/h5-8H,1-4H3,(H4,18,19,21,23). The van der Waals surface area contributed by atoms with Gasteiger partial charge >= 0.3 is 6.01 Å². The molecule has 130 valence electrons. The average Bonchev–Trinajstić information content (AvgIpc) is 3.12. The van der Waals surface area contributed by atoms with E-state index in [1.54, 1.807) is 0 Å². The Labute approximate surface area is 149 Å². The molecule has 0 spiro atoms. The van der Waals surface area contributed by atoms with Gasteiger partial charge in [-0.05, 0) is 17.9 Å². The van der Waals surface area contributed by atoms with Crippen LogP contribution in [0, 0.1) is 6.92 Å². The fourth-order valence-corrected chi connectivity index (χ4v) is 3.29. The molecular formula is C17H20N6OS. The van der Waals surface area contributed by atoms with Crippen molar-refractivity contribution in [2.75, 3.05) is 0 Å². The normalized spacial score (nSPS) is 11.5. The third-order valence-corrected chi connectivity index (χ3v) is 4.82. The summed E-state index contributed by atoms with van der Waals surface area (Å²) in [6.07, 6.45) is 0. The summed E-state index contributed by atoms with van der Waals surface area (Å²) in [6, 6.07) is 8.46. The molecule has 25 heavy (non-hydrogen) atoms. The number of benzene rings is 1. The Morgan fingerprint density at radius 2 is 1.80 bits per heavy atom. The van der Waals surface area contributed by atoms with Gasteiger partial charge in [0.1, 0.15) is 9.88 Å². The third-order valence-electron chi connectivity index (χ3n) is 3.63. The van der Waals surface area contributed by atoms with Crippen molar-refractivity contribution in [1.82, 2.24) is 15.2 Å². The van der Waals surface area contributed by atoms with E-state index >= 15 is 0 Å². The predicted molar refractivity (Wildman–Crippen MR) is 99.7 cm³/mol. The molecule has 0 fully saturated rings. The van der Waals surface area contributed by atoms with Gasteiger partial charge in [0.2, 0.25) is 0 Å². The van der Waals surface area contributed by atoms with Gasteiger partial charge in [0.05, 0.1) is 5.69 Å². The highest BCUT2D eigenvalue weighted by Crippen LogP contribution is 2.36. The van der Waals surface area contributed by atoms with E-state index in [0.29, 0.717) is 5.89 Å². The van der Waals surface area contributed by atoms with Gasteiger partial charge in [0, 0.05) is 5.56 Å². The molecular weight excluding hydrogens is 336 g/mol. The first kappa shape index (κ1) is 17.1. The van der Waals surface area contributed by atoms with Crippen LogP contribution in [0.2, 0.25) is 0 Å². The molecule has 0 unspecified atom stereocenters. The monoisotopic (exact) mass is 356 g/mol. The fourth-order valence-electron chi connectivity index (χ4n) is 2.29. The van der Waals surface area contributed by atoms with E-state index in [2.05, 4.69) is 65.2 Å². The summed E-state index contributed by atoms with van der Waals surface area (Å²) in [5, 5.41) is 8.70. The maximum Gasteiger partial charge on any atom is 0.346 e. The van der Waals surface area contributed by atoms with E-state index in [9.17, 15) is 0 Å². The molecule has 8 heteroatoms. The van der Waals surface area contributed by atoms with E-state index < -0.39 is 0 Å². The quantitative estimate of drug-likeness (QED) is 0.549. The molecule has 3 aromatic rings. The summed E-state index contributed by atoms with van der Waals surface area (Å²) in [7, 11) is 0. The minimum Gasteiger partial charge on any atom is -0.401 e. The van der Waals surface area contributed by atoms with Gasteiger partial charge < -0.3 is 15.9 Å².